The molecule has 4 rings (SSSR count). The van der Waals surface area contributed by atoms with Gasteiger partial charge in [-0.1, -0.05) is 48.5 Å². The molecule has 0 fully saturated rings. The minimum absolute atomic E-state index is 0.0458. The van der Waals surface area contributed by atoms with Crippen LogP contribution in [0.1, 0.15) is 10.5 Å². The van der Waals surface area contributed by atoms with Crippen molar-refractivity contribution in [2.45, 2.75) is 4.90 Å². The van der Waals surface area contributed by atoms with Crippen molar-refractivity contribution in [2.24, 2.45) is 0 Å². The van der Waals surface area contributed by atoms with E-state index in [1.807, 2.05) is 12.1 Å². The summed E-state index contributed by atoms with van der Waals surface area (Å²) in [6.07, 6.45) is 0. The number of aromatic amines is 1. The second kappa shape index (κ2) is 8.81. The van der Waals surface area contributed by atoms with Gasteiger partial charge in [-0.25, -0.2) is 13.5 Å². The van der Waals surface area contributed by atoms with Gasteiger partial charge in [-0.05, 0) is 29.0 Å². The molecule has 0 bridgehead atoms. The van der Waals surface area contributed by atoms with Gasteiger partial charge in [0.2, 0.25) is 10.0 Å². The molecule has 168 valence electrons. The molecule has 1 heterocycles. The third kappa shape index (κ3) is 4.45. The third-order valence-electron chi connectivity index (χ3n) is 5.02. The van der Waals surface area contributed by atoms with Gasteiger partial charge in [0.15, 0.2) is 5.69 Å². The van der Waals surface area contributed by atoms with Gasteiger partial charge in [0, 0.05) is 12.4 Å². The highest BCUT2D eigenvalue weighted by molar-refractivity contribution is 7.89. The maximum atomic E-state index is 12.9. The number of nitrogens with zero attached hydrogens (tertiary/aromatic N) is 2. The zero-order chi connectivity index (χ0) is 23.6. The number of benzene rings is 3. The van der Waals surface area contributed by atoms with Crippen LogP contribution in [0.5, 0.6) is 0 Å². The molecule has 0 saturated carbocycles. The van der Waals surface area contributed by atoms with Crippen LogP contribution < -0.4 is 16.4 Å². The summed E-state index contributed by atoms with van der Waals surface area (Å²) in [5, 5.41) is 8.19. The van der Waals surface area contributed by atoms with Crippen molar-refractivity contribution in [1.82, 2.24) is 25.4 Å². The molecule has 11 heteroatoms. The lowest BCUT2D eigenvalue weighted by Gasteiger charge is -2.17. The molecule has 2 amide bonds. The molecule has 0 aliphatic carbocycles. The van der Waals surface area contributed by atoms with E-state index in [0.29, 0.717) is 5.39 Å². The monoisotopic (exact) mass is 465 g/mol. The molecule has 0 saturated heterocycles. The minimum atomic E-state index is -3.94. The summed E-state index contributed by atoms with van der Waals surface area (Å²) in [5.41, 5.74) is 3.81. The molecule has 0 aliphatic rings. The standard InChI is InChI=1S/C22H19N5O5S/c1-27(33(31,32)16-11-10-14-6-2-3-7-15(14)12-16)13-19(28)23-26-22(30)20-17-8-4-5-9-18(17)21(29)25-24-20/h2-12H,13H2,1H3,(H,23,28)(H,25,29)(H,26,30). The van der Waals surface area contributed by atoms with Crippen molar-refractivity contribution in [3.63, 3.8) is 0 Å². The number of carbonyl (C=O) groups excluding carboxylic acids is 2. The Bertz CT molecular complexity index is 1550. The largest absolute Gasteiger partial charge is 0.290 e. The highest BCUT2D eigenvalue weighted by Crippen LogP contribution is 2.21. The molecule has 1 aromatic heterocycles. The lowest BCUT2D eigenvalue weighted by molar-refractivity contribution is -0.121. The van der Waals surface area contributed by atoms with Crippen LogP contribution in [0.15, 0.2) is 76.4 Å². The van der Waals surface area contributed by atoms with Crippen molar-refractivity contribution >= 4 is 43.4 Å². The minimum Gasteiger partial charge on any atom is -0.272 e. The Balaban J connectivity index is 1.43. The average molecular weight is 465 g/mol. The Morgan fingerprint density at radius 1 is 0.939 bits per heavy atom. The van der Waals surface area contributed by atoms with Crippen LogP contribution in [0.3, 0.4) is 0 Å². The van der Waals surface area contributed by atoms with Gasteiger partial charge in [-0.15, -0.1) is 0 Å². The van der Waals surface area contributed by atoms with Gasteiger partial charge in [0.25, 0.3) is 17.4 Å². The highest BCUT2D eigenvalue weighted by Gasteiger charge is 2.24. The van der Waals surface area contributed by atoms with E-state index in [0.717, 1.165) is 15.1 Å². The molecule has 33 heavy (non-hydrogen) atoms. The molecule has 0 radical (unpaired) electrons. The maximum Gasteiger partial charge on any atom is 0.290 e. The fourth-order valence-corrected chi connectivity index (χ4v) is 4.47. The number of sulfonamides is 1. The number of aromatic nitrogens is 2. The number of fused-ring (bicyclic) bond motifs is 2. The number of rotatable bonds is 5. The van der Waals surface area contributed by atoms with E-state index in [2.05, 4.69) is 21.0 Å². The van der Waals surface area contributed by atoms with Gasteiger partial charge in [-0.2, -0.15) is 9.40 Å². The van der Waals surface area contributed by atoms with Crippen LogP contribution in [-0.2, 0) is 14.8 Å². The van der Waals surface area contributed by atoms with Gasteiger partial charge in [-0.3, -0.25) is 25.2 Å². The fraction of sp³-hybridized carbons (Fsp3) is 0.0909. The van der Waals surface area contributed by atoms with Gasteiger partial charge in [0.1, 0.15) is 0 Å². The van der Waals surface area contributed by atoms with Gasteiger partial charge >= 0.3 is 0 Å². The topological polar surface area (TPSA) is 141 Å². The molecule has 3 aromatic carbocycles. The van der Waals surface area contributed by atoms with E-state index in [-0.39, 0.29) is 16.0 Å². The molecular weight excluding hydrogens is 446 g/mol. The Morgan fingerprint density at radius 3 is 2.36 bits per heavy atom. The Kier molecular flexibility index (Phi) is 5.90. The number of likely N-dealkylation sites (N-methyl/N-ethyl adjacent to an activating group) is 1. The predicted octanol–water partition coefficient (Wildman–Crippen LogP) is 1.16. The summed E-state index contributed by atoms with van der Waals surface area (Å²) in [6, 6.07) is 18.4. The molecule has 0 spiro atoms. The first-order valence-corrected chi connectivity index (χ1v) is 11.2. The number of carbonyl (C=O) groups is 2. The Morgan fingerprint density at radius 2 is 1.61 bits per heavy atom. The van der Waals surface area contributed by atoms with Crippen LogP contribution >= 0.6 is 0 Å². The first kappa shape index (κ1) is 22.1. The first-order valence-electron chi connectivity index (χ1n) is 9.79. The summed E-state index contributed by atoms with van der Waals surface area (Å²) in [4.78, 5) is 36.6. The summed E-state index contributed by atoms with van der Waals surface area (Å²) in [7, 11) is -2.68. The number of H-pyrrole nitrogens is 1. The van der Waals surface area contributed by atoms with Crippen LogP contribution in [0.25, 0.3) is 21.5 Å². The maximum absolute atomic E-state index is 12.9. The molecule has 0 unspecified atom stereocenters. The fourth-order valence-electron chi connectivity index (χ4n) is 3.31. The second-order valence-corrected chi connectivity index (χ2v) is 9.26. The molecule has 4 aromatic rings. The molecule has 3 N–H and O–H groups in total. The SMILES string of the molecule is CN(CC(=O)NNC(=O)c1n[nH]c(=O)c2ccccc12)S(=O)(=O)c1ccc2ccccc2c1. The van der Waals surface area contributed by atoms with Crippen molar-refractivity contribution < 1.29 is 18.0 Å². The molecule has 10 nitrogen and oxygen atoms in total. The van der Waals surface area contributed by atoms with Crippen LogP contribution in [0.4, 0.5) is 0 Å². The van der Waals surface area contributed by atoms with Gasteiger partial charge in [0.05, 0.1) is 16.8 Å². The van der Waals surface area contributed by atoms with Crippen molar-refractivity contribution in [1.29, 1.82) is 0 Å². The normalized spacial score (nSPS) is 11.6. The Labute approximate surface area is 188 Å². The number of nitrogens with one attached hydrogen (secondary N) is 3. The van der Waals surface area contributed by atoms with E-state index < -0.39 is 33.9 Å². The average Bonchev–Trinajstić information content (AvgIpc) is 2.82. The predicted molar refractivity (Wildman–Crippen MR) is 122 cm³/mol. The van der Waals surface area contributed by atoms with E-state index in [1.54, 1.807) is 36.4 Å². The summed E-state index contributed by atoms with van der Waals surface area (Å²) in [5.74, 6) is -1.53. The molecular formula is C22H19N5O5S. The lowest BCUT2D eigenvalue weighted by Crippen LogP contribution is -2.47. The number of hydrogen-bond acceptors (Lipinski definition) is 6. The van der Waals surface area contributed by atoms with E-state index in [9.17, 15) is 22.8 Å². The summed E-state index contributed by atoms with van der Waals surface area (Å²) in [6.45, 7) is -0.533. The zero-order valence-corrected chi connectivity index (χ0v) is 18.2. The number of amides is 2. The third-order valence-corrected chi connectivity index (χ3v) is 6.82. The van der Waals surface area contributed by atoms with Crippen molar-refractivity contribution in [3.8, 4) is 0 Å². The van der Waals surface area contributed by atoms with Crippen LogP contribution in [0.2, 0.25) is 0 Å². The molecule has 0 atom stereocenters. The lowest BCUT2D eigenvalue weighted by atomic mass is 10.1. The van der Waals surface area contributed by atoms with Crippen molar-refractivity contribution in [3.05, 3.63) is 82.8 Å². The summed E-state index contributed by atoms with van der Waals surface area (Å²) >= 11 is 0. The van der Waals surface area contributed by atoms with E-state index >= 15 is 0 Å². The van der Waals surface area contributed by atoms with Crippen LogP contribution in [-0.4, -0.2) is 48.3 Å². The highest BCUT2D eigenvalue weighted by atomic mass is 32.2. The first-order chi connectivity index (χ1) is 15.8. The van der Waals surface area contributed by atoms with Crippen molar-refractivity contribution in [2.75, 3.05) is 13.6 Å². The smallest absolute Gasteiger partial charge is 0.272 e. The zero-order valence-electron chi connectivity index (χ0n) is 17.4. The summed E-state index contributed by atoms with van der Waals surface area (Å²) < 4.78 is 26.6. The van der Waals surface area contributed by atoms with E-state index in [4.69, 9.17) is 0 Å². The number of hydrogen-bond donors (Lipinski definition) is 3. The van der Waals surface area contributed by atoms with Crippen LogP contribution in [0, 0.1) is 0 Å². The molecule has 0 aliphatic heterocycles. The quantitative estimate of drug-likeness (QED) is 0.378. The second-order valence-electron chi connectivity index (χ2n) is 7.22. The van der Waals surface area contributed by atoms with E-state index in [1.165, 1.54) is 25.2 Å². The number of hydrazine groups is 1. The van der Waals surface area contributed by atoms with Gasteiger partial charge < -0.3 is 0 Å². The Hall–Kier alpha value is -4.09.